The van der Waals surface area contributed by atoms with Crippen LogP contribution in [-0.2, 0) is 9.53 Å². The Morgan fingerprint density at radius 1 is 1.53 bits per heavy atom. The first-order valence-electron chi connectivity index (χ1n) is 5.10. The van der Waals surface area contributed by atoms with Crippen molar-refractivity contribution >= 4 is 12.0 Å². The Hall–Kier alpha value is -1.26. The van der Waals surface area contributed by atoms with Crippen LogP contribution in [0.2, 0.25) is 0 Å². The van der Waals surface area contributed by atoms with Gasteiger partial charge in [-0.15, -0.1) is 0 Å². The molecule has 0 aliphatic carbocycles. The molecule has 1 atom stereocenters. The molecule has 0 bridgehead atoms. The lowest BCUT2D eigenvalue weighted by molar-refractivity contribution is -0.149. The average Bonchev–Trinajstić information content (AvgIpc) is 2.05. The number of piperidine rings is 1. The summed E-state index contributed by atoms with van der Waals surface area (Å²) in [5.41, 5.74) is 4.67. The zero-order valence-electron chi connectivity index (χ0n) is 9.45. The van der Waals surface area contributed by atoms with E-state index < -0.39 is 12.2 Å². The predicted molar refractivity (Wildman–Crippen MR) is 55.2 cm³/mol. The normalized spacial score (nSPS) is 22.7. The second kappa shape index (κ2) is 4.08. The Bertz CT molecular complexity index is 270. The summed E-state index contributed by atoms with van der Waals surface area (Å²) in [6.07, 6.45) is -0.186. The molecule has 1 heterocycles. The summed E-state index contributed by atoms with van der Waals surface area (Å²) in [6.45, 7) is 6.58. The molecule has 1 unspecified atom stereocenters. The zero-order valence-corrected chi connectivity index (χ0v) is 9.45. The van der Waals surface area contributed by atoms with Gasteiger partial charge in [-0.1, -0.05) is 0 Å². The minimum absolute atomic E-state index is 0.146. The van der Waals surface area contributed by atoms with Crippen molar-refractivity contribution in [2.24, 2.45) is 5.73 Å². The molecule has 2 amide bonds. The number of nitrogens with two attached hydrogens (primary N) is 1. The molecule has 1 aliphatic heterocycles. The number of hydrogen-bond acceptors (Lipinski definition) is 3. The first kappa shape index (κ1) is 11.8. The smallest absolute Gasteiger partial charge is 0.405 e. The molecule has 0 radical (unpaired) electrons. The zero-order chi connectivity index (χ0) is 11.6. The first-order chi connectivity index (χ1) is 6.82. The lowest BCUT2D eigenvalue weighted by Crippen LogP contribution is -2.54. The third-order valence-electron chi connectivity index (χ3n) is 2.46. The van der Waals surface area contributed by atoms with Crippen LogP contribution in [0.5, 0.6) is 0 Å². The van der Waals surface area contributed by atoms with E-state index in [1.54, 1.807) is 4.90 Å². The summed E-state index contributed by atoms with van der Waals surface area (Å²) in [5.74, 6) is -0.146. The number of hydrogen-bond donors (Lipinski definition) is 1. The van der Waals surface area contributed by atoms with Crippen LogP contribution < -0.4 is 5.73 Å². The van der Waals surface area contributed by atoms with E-state index in [-0.39, 0.29) is 11.4 Å². The van der Waals surface area contributed by atoms with Crippen molar-refractivity contribution in [3.8, 4) is 0 Å². The van der Waals surface area contributed by atoms with Crippen LogP contribution in [0.4, 0.5) is 4.79 Å². The highest BCUT2D eigenvalue weighted by molar-refractivity contribution is 5.84. The van der Waals surface area contributed by atoms with E-state index in [2.05, 4.69) is 0 Å². The molecule has 2 N–H and O–H groups in total. The predicted octanol–water partition coefficient (Wildman–Crippen LogP) is 0.871. The fourth-order valence-corrected chi connectivity index (χ4v) is 1.76. The van der Waals surface area contributed by atoms with Crippen molar-refractivity contribution < 1.29 is 14.3 Å². The van der Waals surface area contributed by atoms with Crippen LogP contribution in [-0.4, -0.2) is 35.1 Å². The minimum atomic E-state index is -0.885. The van der Waals surface area contributed by atoms with Gasteiger partial charge < -0.3 is 15.4 Å². The molecule has 1 aliphatic rings. The van der Waals surface area contributed by atoms with Gasteiger partial charge in [-0.3, -0.25) is 4.79 Å². The van der Waals surface area contributed by atoms with Gasteiger partial charge in [0.25, 0.3) is 5.91 Å². The monoisotopic (exact) mass is 214 g/mol. The molecular formula is C10H18N2O3. The molecule has 15 heavy (non-hydrogen) atoms. The molecule has 0 aromatic carbocycles. The molecule has 0 spiro atoms. The molecule has 5 heteroatoms. The van der Waals surface area contributed by atoms with Gasteiger partial charge in [0.2, 0.25) is 0 Å². The van der Waals surface area contributed by atoms with Crippen molar-refractivity contribution in [3.05, 3.63) is 0 Å². The number of ether oxygens (including phenoxy) is 1. The van der Waals surface area contributed by atoms with Gasteiger partial charge in [-0.25, -0.2) is 4.79 Å². The molecule has 0 aromatic heterocycles. The minimum Gasteiger partial charge on any atom is -0.436 e. The highest BCUT2D eigenvalue weighted by Gasteiger charge is 2.36. The van der Waals surface area contributed by atoms with Gasteiger partial charge in [0.1, 0.15) is 0 Å². The van der Waals surface area contributed by atoms with Crippen LogP contribution in [0.15, 0.2) is 0 Å². The van der Waals surface area contributed by atoms with Gasteiger partial charge in [-0.05, 0) is 33.6 Å². The molecule has 0 aromatic rings. The van der Waals surface area contributed by atoms with Crippen molar-refractivity contribution in [2.45, 2.75) is 45.3 Å². The molecule has 86 valence electrons. The molecule has 1 saturated heterocycles. The summed E-state index contributed by atoms with van der Waals surface area (Å²) >= 11 is 0. The number of primary amides is 1. The third kappa shape index (κ3) is 2.84. The average molecular weight is 214 g/mol. The van der Waals surface area contributed by atoms with E-state index in [0.29, 0.717) is 13.0 Å². The quantitative estimate of drug-likeness (QED) is 0.704. The summed E-state index contributed by atoms with van der Waals surface area (Å²) < 4.78 is 4.78. The molecule has 0 saturated carbocycles. The molecular weight excluding hydrogens is 196 g/mol. The molecule has 1 rings (SSSR count). The van der Waals surface area contributed by atoms with Gasteiger partial charge in [0, 0.05) is 12.1 Å². The fourth-order valence-electron chi connectivity index (χ4n) is 1.76. The Balaban J connectivity index is 2.71. The van der Waals surface area contributed by atoms with Gasteiger partial charge in [-0.2, -0.15) is 0 Å². The first-order valence-corrected chi connectivity index (χ1v) is 5.10. The largest absolute Gasteiger partial charge is 0.436 e. The van der Waals surface area contributed by atoms with E-state index >= 15 is 0 Å². The van der Waals surface area contributed by atoms with E-state index in [1.807, 2.05) is 20.8 Å². The van der Waals surface area contributed by atoms with E-state index in [1.165, 1.54) is 0 Å². The SMILES string of the molecule is CC(C)(C)N1CCCC(OC(N)=O)C1=O. The standard InChI is InChI=1S/C10H18N2O3/c1-10(2,3)12-6-4-5-7(8(12)13)15-9(11)14/h7H,4-6H2,1-3H3,(H2,11,14). The lowest BCUT2D eigenvalue weighted by atomic mass is 9.99. The van der Waals surface area contributed by atoms with Crippen LogP contribution >= 0.6 is 0 Å². The van der Waals surface area contributed by atoms with E-state index in [0.717, 1.165) is 6.42 Å². The van der Waals surface area contributed by atoms with Gasteiger partial charge >= 0.3 is 6.09 Å². The van der Waals surface area contributed by atoms with Crippen LogP contribution in [0.25, 0.3) is 0 Å². The Labute approximate surface area is 89.6 Å². The summed E-state index contributed by atoms with van der Waals surface area (Å²) in [7, 11) is 0. The number of rotatable bonds is 1. The second-order valence-corrected chi connectivity index (χ2v) is 4.73. The second-order valence-electron chi connectivity index (χ2n) is 4.73. The maximum Gasteiger partial charge on any atom is 0.405 e. The number of carbonyl (C=O) groups is 2. The summed E-state index contributed by atoms with van der Waals surface area (Å²) in [5, 5.41) is 0. The highest BCUT2D eigenvalue weighted by atomic mass is 16.6. The summed E-state index contributed by atoms with van der Waals surface area (Å²) in [6, 6.07) is 0. The van der Waals surface area contributed by atoms with Crippen molar-refractivity contribution in [2.75, 3.05) is 6.54 Å². The van der Waals surface area contributed by atoms with Crippen molar-refractivity contribution in [3.63, 3.8) is 0 Å². The van der Waals surface area contributed by atoms with Gasteiger partial charge in [0.05, 0.1) is 0 Å². The van der Waals surface area contributed by atoms with E-state index in [9.17, 15) is 9.59 Å². The fraction of sp³-hybridized carbons (Fsp3) is 0.800. The van der Waals surface area contributed by atoms with Crippen molar-refractivity contribution in [1.29, 1.82) is 0 Å². The highest BCUT2D eigenvalue weighted by Crippen LogP contribution is 2.22. The number of carbonyl (C=O) groups excluding carboxylic acids is 2. The number of amides is 2. The molecule has 5 nitrogen and oxygen atoms in total. The topological polar surface area (TPSA) is 72.6 Å². The Morgan fingerprint density at radius 3 is 2.60 bits per heavy atom. The van der Waals surface area contributed by atoms with E-state index in [4.69, 9.17) is 10.5 Å². The third-order valence-corrected chi connectivity index (χ3v) is 2.46. The maximum atomic E-state index is 11.9. The Kier molecular flexibility index (Phi) is 3.21. The lowest BCUT2D eigenvalue weighted by Gasteiger charge is -2.40. The Morgan fingerprint density at radius 2 is 2.13 bits per heavy atom. The number of nitrogens with zero attached hydrogens (tertiary/aromatic N) is 1. The van der Waals surface area contributed by atoms with Crippen LogP contribution in [0.3, 0.4) is 0 Å². The van der Waals surface area contributed by atoms with Crippen molar-refractivity contribution in [1.82, 2.24) is 4.90 Å². The van der Waals surface area contributed by atoms with Crippen LogP contribution in [0.1, 0.15) is 33.6 Å². The summed E-state index contributed by atoms with van der Waals surface area (Å²) in [4.78, 5) is 24.2. The molecule has 1 fully saturated rings. The van der Waals surface area contributed by atoms with Gasteiger partial charge in [0.15, 0.2) is 6.10 Å². The maximum absolute atomic E-state index is 11.9. The number of likely N-dealkylation sites (tertiary alicyclic amines) is 1. The van der Waals surface area contributed by atoms with Crippen LogP contribution in [0, 0.1) is 0 Å².